The van der Waals surface area contributed by atoms with Crippen LogP contribution in [0.3, 0.4) is 0 Å². The van der Waals surface area contributed by atoms with E-state index in [0.29, 0.717) is 0 Å². The molecule has 17 heavy (non-hydrogen) atoms. The van der Waals surface area contributed by atoms with Crippen molar-refractivity contribution in [2.75, 3.05) is 11.4 Å². The van der Waals surface area contributed by atoms with E-state index in [1.807, 2.05) is 0 Å². The Balaban J connectivity index is 1.86. The number of aromatic nitrogens is 1. The lowest BCUT2D eigenvalue weighted by Gasteiger charge is -2.20. The fourth-order valence-corrected chi connectivity index (χ4v) is 3.80. The summed E-state index contributed by atoms with van der Waals surface area (Å²) in [6.07, 6.45) is 6.57. The van der Waals surface area contributed by atoms with Gasteiger partial charge in [-0.15, -0.1) is 0 Å². The summed E-state index contributed by atoms with van der Waals surface area (Å²) in [4.78, 5) is 8.35. The van der Waals surface area contributed by atoms with Crippen LogP contribution in [0.5, 0.6) is 0 Å². The Bertz CT molecular complexity index is 400. The molecule has 1 saturated carbocycles. The van der Waals surface area contributed by atoms with Crippen LogP contribution < -0.4 is 4.90 Å². The molecule has 2 aliphatic rings. The van der Waals surface area contributed by atoms with Crippen LogP contribution in [0.25, 0.3) is 0 Å². The molecule has 0 aromatic carbocycles. The number of hydrogen-bond donors (Lipinski definition) is 1. The van der Waals surface area contributed by atoms with Gasteiger partial charge in [0.05, 0.1) is 16.7 Å². The van der Waals surface area contributed by atoms with Crippen molar-refractivity contribution < 1.29 is 5.11 Å². The van der Waals surface area contributed by atoms with Crippen molar-refractivity contribution in [2.45, 2.75) is 57.6 Å². The summed E-state index contributed by atoms with van der Waals surface area (Å²) < 4.78 is 0. The SMILES string of the molecule is CCCN(c1nc2c(s1)C(O)CCC2)C1CC1. The Hall–Kier alpha value is -0.610. The van der Waals surface area contributed by atoms with Gasteiger partial charge in [-0.05, 0) is 38.5 Å². The van der Waals surface area contributed by atoms with E-state index in [1.165, 1.54) is 19.3 Å². The smallest absolute Gasteiger partial charge is 0.186 e. The molecule has 1 aromatic heterocycles. The summed E-state index contributed by atoms with van der Waals surface area (Å²) in [5.41, 5.74) is 1.16. The third-order valence-corrected chi connectivity index (χ3v) is 4.84. The van der Waals surface area contributed by atoms with E-state index in [9.17, 15) is 5.11 Å². The Morgan fingerprint density at radius 1 is 1.41 bits per heavy atom. The van der Waals surface area contributed by atoms with Gasteiger partial charge in [0.1, 0.15) is 0 Å². The first kappa shape index (κ1) is 11.5. The van der Waals surface area contributed by atoms with Crippen LogP contribution in [0.1, 0.15) is 55.7 Å². The van der Waals surface area contributed by atoms with Gasteiger partial charge in [-0.1, -0.05) is 18.3 Å². The molecule has 0 amide bonds. The summed E-state index contributed by atoms with van der Waals surface area (Å²) >= 11 is 1.72. The fourth-order valence-electron chi connectivity index (χ4n) is 2.57. The van der Waals surface area contributed by atoms with Crippen molar-refractivity contribution in [3.05, 3.63) is 10.6 Å². The molecule has 1 aromatic rings. The molecule has 3 rings (SSSR count). The largest absolute Gasteiger partial charge is 0.388 e. The zero-order chi connectivity index (χ0) is 11.8. The van der Waals surface area contributed by atoms with Gasteiger partial charge in [0, 0.05) is 12.6 Å². The van der Waals surface area contributed by atoms with Gasteiger partial charge in [-0.3, -0.25) is 0 Å². The van der Waals surface area contributed by atoms with Crippen LogP contribution in [0.15, 0.2) is 0 Å². The molecule has 1 heterocycles. The monoisotopic (exact) mass is 252 g/mol. The normalized spacial score (nSPS) is 23.5. The van der Waals surface area contributed by atoms with Crippen LogP contribution >= 0.6 is 11.3 Å². The first-order valence-electron chi connectivity index (χ1n) is 6.74. The lowest BCUT2D eigenvalue weighted by Crippen LogP contribution is -2.26. The maximum atomic E-state index is 9.99. The zero-order valence-corrected chi connectivity index (χ0v) is 11.2. The van der Waals surface area contributed by atoms with Gasteiger partial charge in [-0.2, -0.15) is 0 Å². The first-order valence-corrected chi connectivity index (χ1v) is 7.55. The van der Waals surface area contributed by atoms with Gasteiger partial charge < -0.3 is 10.0 Å². The third-order valence-electron chi connectivity index (χ3n) is 3.61. The molecule has 0 radical (unpaired) electrons. The lowest BCUT2D eigenvalue weighted by atomic mass is 10.0. The van der Waals surface area contributed by atoms with Gasteiger partial charge in [0.15, 0.2) is 5.13 Å². The highest BCUT2D eigenvalue weighted by molar-refractivity contribution is 7.15. The Morgan fingerprint density at radius 3 is 2.88 bits per heavy atom. The van der Waals surface area contributed by atoms with Crippen molar-refractivity contribution in [2.24, 2.45) is 0 Å². The molecule has 1 unspecified atom stereocenters. The quantitative estimate of drug-likeness (QED) is 0.895. The number of aryl methyl sites for hydroxylation is 1. The molecule has 2 aliphatic carbocycles. The van der Waals surface area contributed by atoms with E-state index < -0.39 is 0 Å². The fraction of sp³-hybridized carbons (Fsp3) is 0.769. The van der Waals surface area contributed by atoms with E-state index >= 15 is 0 Å². The minimum atomic E-state index is -0.257. The first-order chi connectivity index (χ1) is 8.29. The zero-order valence-electron chi connectivity index (χ0n) is 10.4. The molecular weight excluding hydrogens is 232 g/mol. The Labute approximate surface area is 106 Å². The molecule has 3 nitrogen and oxygen atoms in total. The summed E-state index contributed by atoms with van der Waals surface area (Å²) in [5, 5.41) is 11.1. The second kappa shape index (κ2) is 4.58. The molecule has 0 aliphatic heterocycles. The number of hydrogen-bond acceptors (Lipinski definition) is 4. The van der Waals surface area contributed by atoms with Crippen LogP contribution in [-0.2, 0) is 6.42 Å². The van der Waals surface area contributed by atoms with E-state index in [1.54, 1.807) is 11.3 Å². The molecule has 0 bridgehead atoms. The summed E-state index contributed by atoms with van der Waals surface area (Å²) in [5.74, 6) is 0. The lowest BCUT2D eigenvalue weighted by molar-refractivity contribution is 0.160. The molecule has 94 valence electrons. The maximum absolute atomic E-state index is 9.99. The van der Waals surface area contributed by atoms with Crippen molar-refractivity contribution in [3.8, 4) is 0 Å². The molecule has 1 atom stereocenters. The Morgan fingerprint density at radius 2 is 2.24 bits per heavy atom. The van der Waals surface area contributed by atoms with Gasteiger partial charge in [0.25, 0.3) is 0 Å². The molecule has 0 spiro atoms. The van der Waals surface area contributed by atoms with Crippen molar-refractivity contribution in [1.82, 2.24) is 4.98 Å². The van der Waals surface area contributed by atoms with Crippen LogP contribution in [0.4, 0.5) is 5.13 Å². The predicted octanol–water partition coefficient (Wildman–Crippen LogP) is 2.89. The number of aliphatic hydroxyl groups is 1. The average molecular weight is 252 g/mol. The number of fused-ring (bicyclic) bond motifs is 1. The predicted molar refractivity (Wildman–Crippen MR) is 70.7 cm³/mol. The van der Waals surface area contributed by atoms with Crippen LogP contribution in [0, 0.1) is 0 Å². The molecular formula is C13H20N2OS. The summed E-state index contributed by atoms with van der Waals surface area (Å²) in [6, 6.07) is 0.722. The highest BCUT2D eigenvalue weighted by atomic mass is 32.1. The molecule has 4 heteroatoms. The number of thiazole rings is 1. The van der Waals surface area contributed by atoms with E-state index in [2.05, 4.69) is 11.8 Å². The summed E-state index contributed by atoms with van der Waals surface area (Å²) in [7, 11) is 0. The van der Waals surface area contributed by atoms with Gasteiger partial charge in [0.2, 0.25) is 0 Å². The van der Waals surface area contributed by atoms with Gasteiger partial charge in [-0.25, -0.2) is 4.98 Å². The summed E-state index contributed by atoms with van der Waals surface area (Å²) in [6.45, 7) is 3.32. The second-order valence-electron chi connectivity index (χ2n) is 5.14. The van der Waals surface area contributed by atoms with Crippen molar-refractivity contribution in [1.29, 1.82) is 0 Å². The highest BCUT2D eigenvalue weighted by Gasteiger charge is 2.32. The van der Waals surface area contributed by atoms with E-state index in [-0.39, 0.29) is 6.10 Å². The average Bonchev–Trinajstić information content (AvgIpc) is 3.05. The highest BCUT2D eigenvalue weighted by Crippen LogP contribution is 2.40. The van der Waals surface area contributed by atoms with Crippen LogP contribution in [0.2, 0.25) is 0 Å². The molecule has 1 fully saturated rings. The molecule has 1 N–H and O–H groups in total. The third kappa shape index (κ3) is 2.20. The topological polar surface area (TPSA) is 36.4 Å². The second-order valence-corrected chi connectivity index (χ2v) is 6.15. The number of nitrogens with zero attached hydrogens (tertiary/aromatic N) is 2. The van der Waals surface area contributed by atoms with E-state index in [4.69, 9.17) is 4.98 Å². The number of aliphatic hydroxyl groups excluding tert-OH is 1. The number of anilines is 1. The molecule has 0 saturated heterocycles. The van der Waals surface area contributed by atoms with Crippen molar-refractivity contribution >= 4 is 16.5 Å². The van der Waals surface area contributed by atoms with Crippen molar-refractivity contribution in [3.63, 3.8) is 0 Å². The van der Waals surface area contributed by atoms with Gasteiger partial charge >= 0.3 is 0 Å². The minimum Gasteiger partial charge on any atom is -0.388 e. The maximum Gasteiger partial charge on any atom is 0.186 e. The van der Waals surface area contributed by atoms with E-state index in [0.717, 1.165) is 47.6 Å². The standard InChI is InChI=1S/C13H20N2OS/c1-2-8-15(9-6-7-9)13-14-10-4-3-5-11(16)12(10)17-13/h9,11,16H,2-8H2,1H3. The Kier molecular flexibility index (Phi) is 3.09. The van der Waals surface area contributed by atoms with Crippen LogP contribution in [-0.4, -0.2) is 22.7 Å². The number of rotatable bonds is 4. The minimum absolute atomic E-state index is 0.257.